The number of ether oxygens (including phenoxy) is 2. The van der Waals surface area contributed by atoms with Gasteiger partial charge in [0.15, 0.2) is 0 Å². The lowest BCUT2D eigenvalue weighted by molar-refractivity contribution is -0.142. The van der Waals surface area contributed by atoms with E-state index >= 15 is 0 Å². The molecule has 264 valence electrons. The summed E-state index contributed by atoms with van der Waals surface area (Å²) in [6.07, 6.45) is 2.66. The number of hydrogen-bond acceptors (Lipinski definition) is 9. The summed E-state index contributed by atoms with van der Waals surface area (Å²) in [6, 6.07) is 15.5. The largest absolute Gasteiger partial charge is 0.472 e. The monoisotopic (exact) mass is 703 g/mol. The van der Waals surface area contributed by atoms with E-state index in [4.69, 9.17) is 9.47 Å². The van der Waals surface area contributed by atoms with Crippen LogP contribution in [0.4, 0.5) is 4.79 Å². The third kappa shape index (κ3) is 7.30. The van der Waals surface area contributed by atoms with E-state index in [0.717, 1.165) is 10.8 Å². The van der Waals surface area contributed by atoms with Gasteiger partial charge < -0.3 is 25.0 Å². The van der Waals surface area contributed by atoms with Crippen molar-refractivity contribution >= 4 is 44.6 Å². The highest BCUT2D eigenvalue weighted by Crippen LogP contribution is 2.45. The average Bonchev–Trinajstić information content (AvgIpc) is 4.00. The zero-order valence-electron chi connectivity index (χ0n) is 28.1. The topological polar surface area (TPSA) is 173 Å². The molecule has 1 saturated heterocycles. The first-order valence-electron chi connectivity index (χ1n) is 16.6. The first-order chi connectivity index (χ1) is 23.7. The van der Waals surface area contributed by atoms with Crippen LogP contribution in [-0.4, -0.2) is 77.6 Å². The van der Waals surface area contributed by atoms with Gasteiger partial charge in [-0.25, -0.2) is 18.2 Å². The third-order valence-corrected chi connectivity index (χ3v) is 11.2. The van der Waals surface area contributed by atoms with Gasteiger partial charge >= 0.3 is 6.09 Å². The van der Waals surface area contributed by atoms with Gasteiger partial charge in [0.25, 0.3) is 5.91 Å². The molecule has 14 heteroatoms. The van der Waals surface area contributed by atoms with E-state index in [9.17, 15) is 27.6 Å². The Morgan fingerprint density at radius 1 is 1.04 bits per heavy atom. The Bertz CT molecular complexity index is 1920. The zero-order chi connectivity index (χ0) is 35.8. The van der Waals surface area contributed by atoms with Crippen LogP contribution in [0.3, 0.4) is 0 Å². The summed E-state index contributed by atoms with van der Waals surface area (Å²) in [5.74, 6) is -1.98. The summed E-state index contributed by atoms with van der Waals surface area (Å²) in [7, 11) is -3.89. The molecule has 3 aromatic rings. The van der Waals surface area contributed by atoms with Crippen molar-refractivity contribution < 1.29 is 37.1 Å². The van der Waals surface area contributed by atoms with Crippen molar-refractivity contribution in [2.24, 2.45) is 11.3 Å². The van der Waals surface area contributed by atoms with Crippen LogP contribution in [0.5, 0.6) is 11.6 Å². The van der Waals surface area contributed by atoms with Gasteiger partial charge in [-0.2, -0.15) is 0 Å². The molecule has 5 atom stereocenters. The van der Waals surface area contributed by atoms with Crippen molar-refractivity contribution in [1.29, 1.82) is 0 Å². The molecule has 4 amide bonds. The summed E-state index contributed by atoms with van der Waals surface area (Å²) < 4.78 is 39.2. The van der Waals surface area contributed by atoms with Crippen molar-refractivity contribution in [2.45, 2.75) is 75.4 Å². The summed E-state index contributed by atoms with van der Waals surface area (Å²) in [4.78, 5) is 60.8. The predicted molar refractivity (Wildman–Crippen MR) is 184 cm³/mol. The van der Waals surface area contributed by atoms with Crippen molar-refractivity contribution in [3.05, 3.63) is 79.5 Å². The standard InChI is InChI=1S/C36H41N5O8S/c1-5-23-20-36(23,33(44)40-50(46,47)26-15-16-26)39-30(42)28-19-25(48-31-27-14-10-9-11-22(27)17-18-37-31)21-41(28)32(43)29(35(2,3)4)38-34(45)49-24-12-7-6-8-13-24/h5-14,17-18,23,25-26,28-29H,1,15-16,19-21H2,2-4H3,(H,38,45)(H,39,42)(H,40,44)/t23-,25-,28+,29-,36-/m1/s1. The number of nitrogens with one attached hydrogen (secondary N) is 3. The van der Waals surface area contributed by atoms with E-state index < -0.39 is 74.1 Å². The predicted octanol–water partition coefficient (Wildman–Crippen LogP) is 3.46. The lowest BCUT2D eigenvalue weighted by Crippen LogP contribution is -2.60. The van der Waals surface area contributed by atoms with Crippen LogP contribution in [0.15, 0.2) is 79.5 Å². The smallest absolute Gasteiger partial charge is 0.413 e. The Morgan fingerprint density at radius 2 is 1.74 bits per heavy atom. The van der Waals surface area contributed by atoms with Crippen LogP contribution in [0.25, 0.3) is 10.8 Å². The molecule has 0 radical (unpaired) electrons. The number of para-hydroxylation sites is 1. The van der Waals surface area contributed by atoms with Gasteiger partial charge in [0, 0.05) is 23.9 Å². The van der Waals surface area contributed by atoms with Crippen molar-refractivity contribution in [3.8, 4) is 11.6 Å². The molecule has 0 spiro atoms. The fourth-order valence-electron chi connectivity index (χ4n) is 6.30. The van der Waals surface area contributed by atoms with E-state index in [0.29, 0.717) is 18.7 Å². The molecule has 6 rings (SSSR count). The Balaban J connectivity index is 1.27. The van der Waals surface area contributed by atoms with Crippen LogP contribution < -0.4 is 24.8 Å². The normalized spacial score (nSPS) is 23.7. The second-order valence-corrected chi connectivity index (χ2v) is 16.1. The van der Waals surface area contributed by atoms with Gasteiger partial charge in [0.05, 0.1) is 11.8 Å². The van der Waals surface area contributed by atoms with Gasteiger partial charge in [-0.3, -0.25) is 19.1 Å². The minimum absolute atomic E-state index is 0.0324. The molecule has 2 aromatic carbocycles. The van der Waals surface area contributed by atoms with Crippen molar-refractivity contribution in [2.75, 3.05) is 6.54 Å². The quantitative estimate of drug-likeness (QED) is 0.253. The summed E-state index contributed by atoms with van der Waals surface area (Å²) >= 11 is 0. The number of benzene rings is 2. The molecular weight excluding hydrogens is 662 g/mol. The Labute approximate surface area is 290 Å². The average molecular weight is 704 g/mol. The molecule has 2 saturated carbocycles. The second kappa shape index (κ2) is 13.4. The van der Waals surface area contributed by atoms with E-state index in [1.54, 1.807) is 57.3 Å². The van der Waals surface area contributed by atoms with Crippen LogP contribution in [-0.2, 0) is 24.4 Å². The molecular formula is C36H41N5O8S. The van der Waals surface area contributed by atoms with Gasteiger partial charge in [-0.1, -0.05) is 63.2 Å². The SMILES string of the molecule is C=C[C@@H]1C[C@]1(NC(=O)[C@@H]1C[C@@H](Oc2nccc3ccccc23)CN1C(=O)[C@@H](NC(=O)Oc1ccccc1)C(C)(C)C)C(=O)NS(=O)(=O)C1CC1. The number of amides is 4. The number of rotatable bonds is 11. The molecule has 3 fully saturated rings. The Morgan fingerprint density at radius 3 is 2.40 bits per heavy atom. The maximum Gasteiger partial charge on any atom is 0.413 e. The number of pyridine rings is 1. The van der Waals surface area contributed by atoms with Crippen LogP contribution in [0.2, 0.25) is 0 Å². The van der Waals surface area contributed by atoms with Gasteiger partial charge in [-0.05, 0) is 54.3 Å². The van der Waals surface area contributed by atoms with Gasteiger partial charge in [-0.15, -0.1) is 6.58 Å². The van der Waals surface area contributed by atoms with Gasteiger partial charge in [0.2, 0.25) is 27.7 Å². The molecule has 3 aliphatic rings. The van der Waals surface area contributed by atoms with E-state index in [-0.39, 0.29) is 25.1 Å². The van der Waals surface area contributed by atoms with Gasteiger partial charge in [0.1, 0.15) is 29.5 Å². The van der Waals surface area contributed by atoms with Crippen molar-refractivity contribution in [1.82, 2.24) is 25.2 Å². The fraction of sp³-hybridized carbons (Fsp3) is 0.417. The Kier molecular flexibility index (Phi) is 9.33. The molecule has 0 unspecified atom stereocenters. The zero-order valence-corrected chi connectivity index (χ0v) is 28.9. The summed E-state index contributed by atoms with van der Waals surface area (Å²) in [6.45, 7) is 9.04. The first kappa shape index (κ1) is 34.9. The van der Waals surface area contributed by atoms with E-state index in [1.807, 2.05) is 30.3 Å². The highest BCUT2D eigenvalue weighted by atomic mass is 32.2. The minimum atomic E-state index is -3.89. The molecule has 2 heterocycles. The number of carbonyl (C=O) groups is 4. The van der Waals surface area contributed by atoms with E-state index in [1.165, 1.54) is 11.0 Å². The van der Waals surface area contributed by atoms with E-state index in [2.05, 4.69) is 26.9 Å². The Hall–Kier alpha value is -4.98. The summed E-state index contributed by atoms with van der Waals surface area (Å²) in [5, 5.41) is 6.47. The molecule has 2 aliphatic carbocycles. The third-order valence-electron chi connectivity index (χ3n) is 9.34. The number of sulfonamides is 1. The highest BCUT2D eigenvalue weighted by molar-refractivity contribution is 7.91. The molecule has 1 aromatic heterocycles. The lowest BCUT2D eigenvalue weighted by Gasteiger charge is -2.35. The maximum absolute atomic E-state index is 14.4. The number of fused-ring (bicyclic) bond motifs is 1. The van der Waals surface area contributed by atoms with Crippen molar-refractivity contribution in [3.63, 3.8) is 0 Å². The summed E-state index contributed by atoms with van der Waals surface area (Å²) in [5.41, 5.74) is -2.38. The number of carbonyl (C=O) groups excluding carboxylic acids is 4. The molecule has 13 nitrogen and oxygen atoms in total. The molecule has 1 aliphatic heterocycles. The second-order valence-electron chi connectivity index (χ2n) is 14.1. The lowest BCUT2D eigenvalue weighted by atomic mass is 9.85. The van der Waals surface area contributed by atoms with Crippen LogP contribution in [0, 0.1) is 11.3 Å². The fourth-order valence-corrected chi connectivity index (χ4v) is 7.66. The molecule has 3 N–H and O–H groups in total. The maximum atomic E-state index is 14.4. The molecule has 50 heavy (non-hydrogen) atoms. The number of likely N-dealkylation sites (tertiary alicyclic amines) is 1. The minimum Gasteiger partial charge on any atom is -0.472 e. The number of aromatic nitrogens is 1. The number of hydrogen-bond donors (Lipinski definition) is 3. The molecule has 0 bridgehead atoms. The van der Waals surface area contributed by atoms with Crippen LogP contribution in [0.1, 0.15) is 46.5 Å². The van der Waals surface area contributed by atoms with Crippen LogP contribution >= 0.6 is 0 Å². The number of nitrogens with zero attached hydrogens (tertiary/aromatic N) is 2. The first-order valence-corrected chi connectivity index (χ1v) is 18.1. The highest BCUT2D eigenvalue weighted by Gasteiger charge is 2.62.